The molecule has 5 nitrogen and oxygen atoms in total. The number of halogens is 2. The van der Waals surface area contributed by atoms with Crippen LogP contribution in [-0.4, -0.2) is 40.7 Å². The van der Waals surface area contributed by atoms with E-state index >= 15 is 0 Å². The zero-order valence-corrected chi connectivity index (χ0v) is 19.2. The van der Waals surface area contributed by atoms with Crippen LogP contribution in [0.1, 0.15) is 59.2 Å². The van der Waals surface area contributed by atoms with E-state index in [4.69, 9.17) is 12.6 Å². The second-order valence-corrected chi connectivity index (χ2v) is 9.73. The maximum absolute atomic E-state index is 14.2. The van der Waals surface area contributed by atoms with Crippen LogP contribution in [0.4, 0.5) is 8.78 Å². The summed E-state index contributed by atoms with van der Waals surface area (Å²) in [7, 11) is 0. The predicted molar refractivity (Wildman–Crippen MR) is 123 cm³/mol. The minimum absolute atomic E-state index is 0.0454. The number of hydrogen-bond acceptors (Lipinski definition) is 5. The molecule has 2 amide bonds. The maximum atomic E-state index is 14.2. The lowest BCUT2D eigenvalue weighted by Gasteiger charge is -2.32. The Balaban J connectivity index is 1.21. The Morgan fingerprint density at radius 1 is 1.03 bits per heavy atom. The van der Waals surface area contributed by atoms with E-state index in [0.29, 0.717) is 24.9 Å². The standard InChI is InChI=1S/C25H27F2N3O2S/c26-20-3-1-2-18(23(20)27)16-8-10-29(11-9-16)13-15-4-5-19-17(12-15)14-30(25(19)33)21-6-7-22(31)28-24(21)32/h1-5,12,16,21,25,33H,6-11,13-14H2,(H,28,31,32). The summed E-state index contributed by atoms with van der Waals surface area (Å²) in [4.78, 5) is 28.2. The third-order valence-electron chi connectivity index (χ3n) is 7.18. The van der Waals surface area contributed by atoms with Gasteiger partial charge in [0.2, 0.25) is 11.8 Å². The fourth-order valence-corrected chi connectivity index (χ4v) is 5.88. The number of fused-ring (bicyclic) bond motifs is 1. The minimum Gasteiger partial charge on any atom is -0.299 e. The van der Waals surface area contributed by atoms with Gasteiger partial charge in [0.1, 0.15) is 0 Å². The summed E-state index contributed by atoms with van der Waals surface area (Å²) in [5, 5.41) is 2.27. The molecule has 2 fully saturated rings. The van der Waals surface area contributed by atoms with Gasteiger partial charge in [0.25, 0.3) is 0 Å². The van der Waals surface area contributed by atoms with Crippen molar-refractivity contribution in [2.45, 2.75) is 56.1 Å². The van der Waals surface area contributed by atoms with E-state index in [1.165, 1.54) is 11.6 Å². The Morgan fingerprint density at radius 3 is 2.58 bits per heavy atom. The number of likely N-dealkylation sites (tertiary alicyclic amines) is 1. The third-order valence-corrected chi connectivity index (χ3v) is 7.75. The van der Waals surface area contributed by atoms with E-state index in [2.05, 4.69) is 33.3 Å². The fraction of sp³-hybridized carbons (Fsp3) is 0.440. The van der Waals surface area contributed by atoms with Crippen LogP contribution in [0.3, 0.4) is 0 Å². The van der Waals surface area contributed by atoms with Crippen molar-refractivity contribution in [3.8, 4) is 0 Å². The number of carbonyl (C=O) groups is 2. The Morgan fingerprint density at radius 2 is 1.82 bits per heavy atom. The lowest BCUT2D eigenvalue weighted by molar-refractivity contribution is -0.137. The summed E-state index contributed by atoms with van der Waals surface area (Å²) in [6, 6.07) is 10.5. The molecule has 33 heavy (non-hydrogen) atoms. The molecule has 2 saturated heterocycles. The molecule has 2 unspecified atom stereocenters. The van der Waals surface area contributed by atoms with Gasteiger partial charge in [-0.2, -0.15) is 12.6 Å². The second kappa shape index (κ2) is 9.16. The molecule has 0 aromatic heterocycles. The van der Waals surface area contributed by atoms with Crippen LogP contribution >= 0.6 is 12.6 Å². The van der Waals surface area contributed by atoms with Crippen molar-refractivity contribution in [2.75, 3.05) is 13.1 Å². The van der Waals surface area contributed by atoms with Crippen molar-refractivity contribution < 1.29 is 18.4 Å². The van der Waals surface area contributed by atoms with E-state index in [0.717, 1.165) is 43.6 Å². The summed E-state index contributed by atoms with van der Waals surface area (Å²) in [5.41, 5.74) is 3.94. The SMILES string of the molecule is O=C1CCC(N2Cc3cc(CN4CCC(c5cccc(F)c5F)CC4)ccc3C2S)C(=O)N1. The molecule has 5 rings (SSSR count). The number of benzene rings is 2. The second-order valence-electron chi connectivity index (χ2n) is 9.24. The smallest absolute Gasteiger partial charge is 0.243 e. The molecule has 174 valence electrons. The van der Waals surface area contributed by atoms with Gasteiger partial charge in [-0.15, -0.1) is 0 Å². The van der Waals surface area contributed by atoms with Crippen molar-refractivity contribution in [3.05, 3.63) is 70.3 Å². The van der Waals surface area contributed by atoms with Crippen LogP contribution < -0.4 is 5.32 Å². The molecular formula is C25H27F2N3O2S. The Hall–Kier alpha value is -2.29. The summed E-state index contributed by atoms with van der Waals surface area (Å²) < 4.78 is 27.7. The molecule has 0 saturated carbocycles. The van der Waals surface area contributed by atoms with Crippen molar-refractivity contribution >= 4 is 24.4 Å². The zero-order valence-electron chi connectivity index (χ0n) is 18.3. The summed E-state index contributed by atoms with van der Waals surface area (Å²) >= 11 is 4.76. The monoisotopic (exact) mass is 471 g/mol. The number of imide groups is 1. The quantitative estimate of drug-likeness (QED) is 0.525. The van der Waals surface area contributed by atoms with Crippen LogP contribution in [0, 0.1) is 11.6 Å². The highest BCUT2D eigenvalue weighted by Gasteiger charge is 2.39. The van der Waals surface area contributed by atoms with Gasteiger partial charge in [0.15, 0.2) is 11.6 Å². The first-order chi connectivity index (χ1) is 15.9. The molecule has 8 heteroatoms. The van der Waals surface area contributed by atoms with Crippen LogP contribution in [-0.2, 0) is 22.7 Å². The lowest BCUT2D eigenvalue weighted by Crippen LogP contribution is -2.51. The number of hydrogen-bond donors (Lipinski definition) is 2. The Labute approximate surface area is 197 Å². The Bertz CT molecular complexity index is 1090. The summed E-state index contributed by atoms with van der Waals surface area (Å²) in [6.07, 6.45) is 2.47. The first-order valence-corrected chi connectivity index (χ1v) is 12.0. The molecule has 2 atom stereocenters. The van der Waals surface area contributed by atoms with E-state index < -0.39 is 11.6 Å². The predicted octanol–water partition coefficient (Wildman–Crippen LogP) is 3.89. The van der Waals surface area contributed by atoms with Crippen LogP contribution in [0.2, 0.25) is 0 Å². The number of thiol groups is 1. The van der Waals surface area contributed by atoms with Gasteiger partial charge in [0, 0.05) is 19.5 Å². The third kappa shape index (κ3) is 4.44. The lowest BCUT2D eigenvalue weighted by atomic mass is 9.89. The number of amides is 2. The van der Waals surface area contributed by atoms with Gasteiger partial charge in [-0.25, -0.2) is 8.78 Å². The highest BCUT2D eigenvalue weighted by atomic mass is 32.1. The van der Waals surface area contributed by atoms with Gasteiger partial charge >= 0.3 is 0 Å². The molecule has 1 N–H and O–H groups in total. The van der Waals surface area contributed by atoms with Crippen molar-refractivity contribution in [1.29, 1.82) is 0 Å². The van der Waals surface area contributed by atoms with Gasteiger partial charge in [-0.3, -0.25) is 24.7 Å². The van der Waals surface area contributed by atoms with Gasteiger partial charge in [0.05, 0.1) is 11.4 Å². The Kier molecular flexibility index (Phi) is 6.24. The van der Waals surface area contributed by atoms with Gasteiger partial charge in [-0.05, 0) is 66.6 Å². The van der Waals surface area contributed by atoms with Crippen LogP contribution in [0.15, 0.2) is 36.4 Å². The summed E-state index contributed by atoms with van der Waals surface area (Å²) in [6.45, 7) is 3.08. The number of nitrogens with zero attached hydrogens (tertiary/aromatic N) is 2. The summed E-state index contributed by atoms with van der Waals surface area (Å²) in [5.74, 6) is -1.90. The van der Waals surface area contributed by atoms with Gasteiger partial charge < -0.3 is 0 Å². The first kappa shape index (κ1) is 22.5. The normalized spacial score (nSPS) is 24.7. The van der Waals surface area contributed by atoms with E-state index in [1.807, 2.05) is 0 Å². The average molecular weight is 472 g/mol. The van der Waals surface area contributed by atoms with Crippen molar-refractivity contribution in [2.24, 2.45) is 0 Å². The maximum Gasteiger partial charge on any atom is 0.243 e. The zero-order chi connectivity index (χ0) is 23.1. The molecule has 3 heterocycles. The van der Waals surface area contributed by atoms with Crippen molar-refractivity contribution in [3.63, 3.8) is 0 Å². The van der Waals surface area contributed by atoms with Crippen LogP contribution in [0.25, 0.3) is 0 Å². The number of rotatable bonds is 4. The molecule has 3 aliphatic rings. The highest BCUT2D eigenvalue weighted by molar-refractivity contribution is 7.80. The number of piperidine rings is 2. The molecule has 0 radical (unpaired) electrons. The number of nitrogens with one attached hydrogen (secondary N) is 1. The van der Waals surface area contributed by atoms with Crippen molar-refractivity contribution in [1.82, 2.24) is 15.1 Å². The highest BCUT2D eigenvalue weighted by Crippen LogP contribution is 2.40. The molecule has 2 aromatic rings. The fourth-order valence-electron chi connectivity index (χ4n) is 5.38. The molecule has 0 aliphatic carbocycles. The van der Waals surface area contributed by atoms with E-state index in [9.17, 15) is 18.4 Å². The van der Waals surface area contributed by atoms with E-state index in [-0.39, 0.29) is 29.1 Å². The molecule has 2 aromatic carbocycles. The molecular weight excluding hydrogens is 444 g/mol. The average Bonchev–Trinajstić information content (AvgIpc) is 3.12. The van der Waals surface area contributed by atoms with E-state index in [1.54, 1.807) is 12.1 Å². The first-order valence-electron chi connectivity index (χ1n) is 11.5. The molecule has 0 bridgehead atoms. The number of carbonyl (C=O) groups excluding carboxylic acids is 2. The topological polar surface area (TPSA) is 52.7 Å². The largest absolute Gasteiger partial charge is 0.299 e. The van der Waals surface area contributed by atoms with Crippen LogP contribution in [0.5, 0.6) is 0 Å². The molecule has 3 aliphatic heterocycles. The minimum atomic E-state index is -0.776. The molecule has 0 spiro atoms. The van der Waals surface area contributed by atoms with Gasteiger partial charge in [-0.1, -0.05) is 30.3 Å².